The number of hydrogen-bond donors (Lipinski definition) is 1. The highest BCUT2D eigenvalue weighted by Gasteiger charge is 2.42. The minimum Gasteiger partial charge on any atom is -0.623 e. The second-order valence-electron chi connectivity index (χ2n) is 5.00. The van der Waals surface area contributed by atoms with Crippen molar-refractivity contribution in [1.82, 2.24) is 14.5 Å². The summed E-state index contributed by atoms with van der Waals surface area (Å²) in [7, 11) is 0. The number of unbranched alkanes of at least 4 members (excludes halogenated alkanes) is 3. The van der Waals surface area contributed by atoms with E-state index in [0.29, 0.717) is 16.0 Å². The van der Waals surface area contributed by atoms with E-state index in [-0.39, 0.29) is 6.67 Å². The number of halogens is 1. The third-order valence-corrected chi connectivity index (χ3v) is 4.66. The predicted molar refractivity (Wildman–Crippen MR) is 78.9 cm³/mol. The molecule has 1 aromatic heterocycles. The summed E-state index contributed by atoms with van der Waals surface area (Å²) in [5.41, 5.74) is 0. The Balaban J connectivity index is 1.93. The predicted octanol–water partition coefficient (Wildman–Crippen LogP) is 2.77. The molecule has 2 unspecified atom stereocenters. The Bertz CT molecular complexity index is 417. The van der Waals surface area contributed by atoms with Crippen LogP contribution in [0, 0.1) is 5.21 Å². The molecule has 0 radical (unpaired) electrons. The maximum Gasteiger partial charge on any atom is 0.290 e. The quantitative estimate of drug-likeness (QED) is 0.499. The van der Waals surface area contributed by atoms with Crippen molar-refractivity contribution in [2.75, 3.05) is 19.8 Å². The molecule has 0 aliphatic carbocycles. The lowest BCUT2D eigenvalue weighted by atomic mass is 10.2. The van der Waals surface area contributed by atoms with Crippen LogP contribution < -0.4 is 4.65 Å². The maximum atomic E-state index is 12.7. The zero-order valence-electron chi connectivity index (χ0n) is 11.1. The van der Waals surface area contributed by atoms with Crippen LogP contribution in [0.5, 0.6) is 0 Å². The van der Waals surface area contributed by atoms with E-state index < -0.39 is 10.9 Å². The van der Waals surface area contributed by atoms with Crippen LogP contribution in [-0.2, 0) is 0 Å². The van der Waals surface area contributed by atoms with Gasteiger partial charge in [0.2, 0.25) is 6.23 Å². The van der Waals surface area contributed by atoms with Gasteiger partial charge in [0.25, 0.3) is 5.13 Å². The summed E-state index contributed by atoms with van der Waals surface area (Å²) in [6, 6.07) is 0. The summed E-state index contributed by atoms with van der Waals surface area (Å²) in [5, 5.41) is 23.0. The first-order valence-corrected chi connectivity index (χ1v) is 7.87. The van der Waals surface area contributed by atoms with Crippen molar-refractivity contribution in [3.05, 3.63) is 15.7 Å². The molecule has 1 aromatic rings. The minimum atomic E-state index is -0.964. The Morgan fingerprint density at radius 2 is 2.37 bits per heavy atom. The van der Waals surface area contributed by atoms with Crippen LogP contribution in [0.15, 0.2) is 6.20 Å². The van der Waals surface area contributed by atoms with Gasteiger partial charge in [0, 0.05) is 6.54 Å². The monoisotopic (exact) mass is 305 g/mol. The molecule has 5 nitrogen and oxygen atoms in total. The molecule has 0 amide bonds. The number of thiazole rings is 1. The van der Waals surface area contributed by atoms with E-state index >= 15 is 0 Å². The SMILES string of the molecule is CCCCCCN1CC(O)[N+]([O-])(c2ncc(Cl)s2)C1. The van der Waals surface area contributed by atoms with Crippen molar-refractivity contribution in [2.24, 2.45) is 0 Å². The van der Waals surface area contributed by atoms with E-state index in [1.54, 1.807) is 0 Å². The topological polar surface area (TPSA) is 59.4 Å². The molecule has 108 valence electrons. The molecule has 0 spiro atoms. The van der Waals surface area contributed by atoms with Gasteiger partial charge in [-0.25, -0.2) is 4.90 Å². The largest absolute Gasteiger partial charge is 0.623 e. The van der Waals surface area contributed by atoms with E-state index in [4.69, 9.17) is 11.6 Å². The number of hydrogen-bond acceptors (Lipinski definition) is 5. The van der Waals surface area contributed by atoms with Crippen molar-refractivity contribution in [2.45, 2.75) is 38.8 Å². The number of nitrogens with zero attached hydrogens (tertiary/aromatic N) is 3. The van der Waals surface area contributed by atoms with E-state index in [9.17, 15) is 10.3 Å². The zero-order valence-corrected chi connectivity index (χ0v) is 12.7. The summed E-state index contributed by atoms with van der Waals surface area (Å²) in [4.78, 5) is 6.04. The molecular formula is C12H20ClN3O2S. The van der Waals surface area contributed by atoms with Crippen molar-refractivity contribution in [3.63, 3.8) is 0 Å². The summed E-state index contributed by atoms with van der Waals surface area (Å²) in [5.74, 6) is 0. The standard InChI is InChI=1S/C12H20ClN3O2S/c1-2-3-4-5-6-15-8-11(17)16(18,9-15)12-14-7-10(13)19-12/h7,11,17H,2-6,8-9H2,1H3. The Labute approximate surface area is 122 Å². The number of quaternary nitrogens is 1. The number of aliphatic hydroxyl groups excluding tert-OH is 1. The van der Waals surface area contributed by atoms with Gasteiger partial charge in [0.1, 0.15) is 11.0 Å². The fraction of sp³-hybridized carbons (Fsp3) is 0.750. The van der Waals surface area contributed by atoms with Crippen LogP contribution in [0.2, 0.25) is 4.34 Å². The van der Waals surface area contributed by atoms with Crippen LogP contribution in [0.1, 0.15) is 32.6 Å². The smallest absolute Gasteiger partial charge is 0.290 e. The maximum absolute atomic E-state index is 12.7. The summed E-state index contributed by atoms with van der Waals surface area (Å²) in [6.07, 6.45) is 5.16. The molecular weight excluding hydrogens is 286 g/mol. The molecule has 2 rings (SSSR count). The van der Waals surface area contributed by atoms with E-state index in [2.05, 4.69) is 11.9 Å². The van der Waals surface area contributed by atoms with Crippen molar-refractivity contribution in [1.29, 1.82) is 0 Å². The lowest BCUT2D eigenvalue weighted by Gasteiger charge is -2.37. The van der Waals surface area contributed by atoms with Gasteiger partial charge in [-0.15, -0.1) is 0 Å². The van der Waals surface area contributed by atoms with E-state index in [1.165, 1.54) is 25.5 Å². The van der Waals surface area contributed by atoms with Crippen molar-refractivity contribution in [3.8, 4) is 0 Å². The number of rotatable bonds is 6. The van der Waals surface area contributed by atoms with Gasteiger partial charge in [-0.1, -0.05) is 37.8 Å². The second kappa shape index (κ2) is 6.47. The molecule has 1 aliphatic rings. The lowest BCUT2D eigenvalue weighted by molar-refractivity contribution is 0.0847. The molecule has 0 bridgehead atoms. The van der Waals surface area contributed by atoms with Crippen molar-refractivity contribution >= 4 is 28.1 Å². The minimum absolute atomic E-state index is 0.261. The first kappa shape index (κ1) is 15.2. The average molecular weight is 306 g/mol. The molecule has 19 heavy (non-hydrogen) atoms. The van der Waals surface area contributed by atoms with Gasteiger partial charge in [0.15, 0.2) is 0 Å². The fourth-order valence-electron chi connectivity index (χ4n) is 2.34. The summed E-state index contributed by atoms with van der Waals surface area (Å²) >= 11 is 6.96. The molecule has 1 aliphatic heterocycles. The molecule has 7 heteroatoms. The normalized spacial score (nSPS) is 28.1. The molecule has 2 atom stereocenters. The fourth-order valence-corrected chi connectivity index (χ4v) is 3.32. The van der Waals surface area contributed by atoms with Gasteiger partial charge in [-0.3, -0.25) is 4.65 Å². The second-order valence-corrected chi connectivity index (χ2v) is 6.64. The molecule has 1 N–H and O–H groups in total. The Morgan fingerprint density at radius 1 is 1.58 bits per heavy atom. The number of aliphatic hydroxyl groups is 1. The van der Waals surface area contributed by atoms with Crippen LogP contribution in [0.4, 0.5) is 5.13 Å². The van der Waals surface area contributed by atoms with Crippen LogP contribution in [0.25, 0.3) is 0 Å². The lowest BCUT2D eigenvalue weighted by Crippen LogP contribution is -2.48. The Kier molecular flexibility index (Phi) is 5.16. The van der Waals surface area contributed by atoms with Gasteiger partial charge >= 0.3 is 0 Å². The van der Waals surface area contributed by atoms with Crippen LogP contribution in [-0.4, -0.2) is 41.0 Å². The number of β-amino-alcohol motifs (C(OH)–C–C–N with tert-alkyl or cyclic N) is 1. The van der Waals surface area contributed by atoms with Crippen LogP contribution >= 0.6 is 22.9 Å². The summed E-state index contributed by atoms with van der Waals surface area (Å²) < 4.78 is -0.303. The summed E-state index contributed by atoms with van der Waals surface area (Å²) in [6.45, 7) is 3.70. The van der Waals surface area contributed by atoms with E-state index in [1.807, 2.05) is 4.90 Å². The van der Waals surface area contributed by atoms with Crippen LogP contribution in [0.3, 0.4) is 0 Å². The third-order valence-electron chi connectivity index (χ3n) is 3.43. The zero-order chi connectivity index (χ0) is 13.9. The van der Waals surface area contributed by atoms with Gasteiger partial charge in [-0.2, -0.15) is 4.98 Å². The molecule has 0 aromatic carbocycles. The Morgan fingerprint density at radius 3 is 3.00 bits per heavy atom. The number of hydroxylamine groups is 2. The molecule has 1 fully saturated rings. The van der Waals surface area contributed by atoms with Gasteiger partial charge in [-0.05, 0) is 17.8 Å². The highest BCUT2D eigenvalue weighted by molar-refractivity contribution is 7.19. The first-order chi connectivity index (χ1) is 9.06. The highest BCUT2D eigenvalue weighted by atomic mass is 35.5. The van der Waals surface area contributed by atoms with Gasteiger partial charge < -0.3 is 10.3 Å². The molecule has 2 heterocycles. The van der Waals surface area contributed by atoms with Gasteiger partial charge in [0.05, 0.1) is 12.7 Å². The first-order valence-electron chi connectivity index (χ1n) is 6.67. The average Bonchev–Trinajstić information content (AvgIpc) is 2.92. The van der Waals surface area contributed by atoms with Crippen molar-refractivity contribution < 1.29 is 5.11 Å². The molecule has 0 saturated carbocycles. The highest BCUT2D eigenvalue weighted by Crippen LogP contribution is 2.35. The molecule has 1 saturated heterocycles. The van der Waals surface area contributed by atoms with E-state index in [0.717, 1.165) is 24.3 Å². The number of aromatic nitrogens is 1. The Hall–Kier alpha value is -0.240. The third kappa shape index (κ3) is 3.45.